The molecular formula is C47H50N4OPt. The van der Waals surface area contributed by atoms with Crippen molar-refractivity contribution in [3.8, 4) is 34.1 Å². The Morgan fingerprint density at radius 1 is 0.811 bits per heavy atom. The molecule has 3 aromatic heterocycles. The molecule has 274 valence electrons. The minimum atomic E-state index is 0. The molecule has 0 bridgehead atoms. The summed E-state index contributed by atoms with van der Waals surface area (Å²) in [7, 11) is 0. The molecule has 3 heterocycles. The number of pyridine rings is 1. The number of ether oxygens (including phenoxy) is 1. The summed E-state index contributed by atoms with van der Waals surface area (Å²) < 4.78 is 10.7. The second-order valence-corrected chi connectivity index (χ2v) is 16.0. The van der Waals surface area contributed by atoms with Crippen molar-refractivity contribution in [2.45, 2.75) is 87.0 Å². The van der Waals surface area contributed by atoms with E-state index >= 15 is 0 Å². The molecule has 0 aliphatic heterocycles. The van der Waals surface area contributed by atoms with E-state index in [1.54, 1.807) is 0 Å². The van der Waals surface area contributed by atoms with Gasteiger partial charge in [0.1, 0.15) is 5.82 Å². The summed E-state index contributed by atoms with van der Waals surface area (Å²) in [5.74, 6) is 3.14. The number of benzene rings is 4. The maximum Gasteiger partial charge on any atom is 2.00 e. The van der Waals surface area contributed by atoms with E-state index in [9.17, 15) is 0 Å². The molecule has 7 aromatic rings. The molecule has 0 saturated heterocycles. The number of fused-ring (bicyclic) bond motifs is 3. The van der Waals surface area contributed by atoms with Crippen LogP contribution in [0, 0.1) is 37.3 Å². The summed E-state index contributed by atoms with van der Waals surface area (Å²) in [6, 6.07) is 39.0. The normalized spacial score (nSPS) is 12.4. The van der Waals surface area contributed by atoms with Gasteiger partial charge >= 0.3 is 21.1 Å². The van der Waals surface area contributed by atoms with Crippen molar-refractivity contribution >= 4 is 21.8 Å². The van der Waals surface area contributed by atoms with Crippen LogP contribution in [0.4, 0.5) is 0 Å². The Balaban J connectivity index is 0.00000481. The van der Waals surface area contributed by atoms with Gasteiger partial charge in [-0.2, -0.15) is 17.2 Å². The molecule has 5 nitrogen and oxygen atoms in total. The first kappa shape index (κ1) is 38.3. The predicted octanol–water partition coefficient (Wildman–Crippen LogP) is 12.6. The van der Waals surface area contributed by atoms with Crippen LogP contribution in [-0.2, 0) is 27.5 Å². The minimum Gasteiger partial charge on any atom is -0.509 e. The van der Waals surface area contributed by atoms with Crippen molar-refractivity contribution in [1.82, 2.24) is 19.3 Å². The van der Waals surface area contributed by atoms with Gasteiger partial charge in [-0.25, -0.2) is 4.98 Å². The fourth-order valence-electron chi connectivity index (χ4n) is 7.47. The van der Waals surface area contributed by atoms with Gasteiger partial charge in [0.2, 0.25) is 0 Å². The summed E-state index contributed by atoms with van der Waals surface area (Å²) in [5.41, 5.74) is 10.2. The standard InChI is InChI=1S/C47H50N4O.Pt/c1-31(2)26-35-23-25-48-45(27-35)50-43-22-19-37(32(3)14-13-24-47(6,7)8)28-42(43)41-21-20-40(30-44(41)50)52-39-18-12-17-38(29-39)51-34(5)46(33(4)49-51)36-15-10-9-11-16-36;/h9-12,15-23,25,27-28,31-32H,13-14,24,26H2,1-8H3;/q-2;+2. The van der Waals surface area contributed by atoms with Crippen LogP contribution in [0.2, 0.25) is 0 Å². The van der Waals surface area contributed by atoms with E-state index in [1.165, 1.54) is 35.8 Å². The number of nitrogens with zero attached hydrogens (tertiary/aromatic N) is 4. The molecule has 53 heavy (non-hydrogen) atoms. The van der Waals surface area contributed by atoms with E-state index in [0.29, 0.717) is 28.7 Å². The first-order valence-corrected chi connectivity index (χ1v) is 18.7. The Morgan fingerprint density at radius 2 is 1.58 bits per heavy atom. The molecule has 0 aliphatic rings. The quantitative estimate of drug-likeness (QED) is 0.122. The van der Waals surface area contributed by atoms with Gasteiger partial charge < -0.3 is 9.30 Å². The molecule has 0 amide bonds. The molecule has 0 saturated carbocycles. The average Bonchev–Trinajstić information content (AvgIpc) is 3.60. The molecule has 1 unspecified atom stereocenters. The third-order valence-electron chi connectivity index (χ3n) is 10.0. The van der Waals surface area contributed by atoms with E-state index in [1.807, 2.05) is 41.2 Å². The van der Waals surface area contributed by atoms with Crippen molar-refractivity contribution in [1.29, 1.82) is 0 Å². The van der Waals surface area contributed by atoms with Crippen LogP contribution in [-0.4, -0.2) is 19.3 Å². The third-order valence-corrected chi connectivity index (χ3v) is 10.0. The summed E-state index contributed by atoms with van der Waals surface area (Å²) in [5, 5.41) is 7.24. The van der Waals surface area contributed by atoms with Crippen molar-refractivity contribution in [3.63, 3.8) is 0 Å². The molecule has 0 spiro atoms. The van der Waals surface area contributed by atoms with Gasteiger partial charge in [0.25, 0.3) is 0 Å². The van der Waals surface area contributed by atoms with Gasteiger partial charge in [0.05, 0.1) is 5.69 Å². The summed E-state index contributed by atoms with van der Waals surface area (Å²) in [6.07, 6.45) is 6.54. The minimum absolute atomic E-state index is 0. The zero-order valence-electron chi connectivity index (χ0n) is 32.2. The van der Waals surface area contributed by atoms with Crippen LogP contribution < -0.4 is 4.74 Å². The van der Waals surface area contributed by atoms with Crippen molar-refractivity contribution < 1.29 is 25.8 Å². The van der Waals surface area contributed by atoms with Crippen LogP contribution in [0.15, 0.2) is 97.2 Å². The van der Waals surface area contributed by atoms with Gasteiger partial charge in [-0.3, -0.25) is 4.68 Å². The van der Waals surface area contributed by atoms with Crippen molar-refractivity contribution in [2.24, 2.45) is 11.3 Å². The monoisotopic (exact) mass is 881 g/mol. The first-order valence-electron chi connectivity index (χ1n) is 18.7. The smallest absolute Gasteiger partial charge is 0.509 e. The van der Waals surface area contributed by atoms with Gasteiger partial charge in [0, 0.05) is 34.5 Å². The van der Waals surface area contributed by atoms with Crippen LogP contribution in [0.1, 0.15) is 89.2 Å². The Morgan fingerprint density at radius 3 is 2.34 bits per heavy atom. The molecule has 0 fully saturated rings. The fourth-order valence-corrected chi connectivity index (χ4v) is 7.47. The molecule has 0 aliphatic carbocycles. The number of aromatic nitrogens is 4. The van der Waals surface area contributed by atoms with Gasteiger partial charge in [0.15, 0.2) is 0 Å². The molecule has 4 aromatic carbocycles. The Hall–Kier alpha value is -4.47. The fraction of sp³-hybridized carbons (Fsp3) is 0.319. The topological polar surface area (TPSA) is 44.9 Å². The second kappa shape index (κ2) is 15.9. The molecular weight excluding hydrogens is 832 g/mol. The molecule has 0 N–H and O–H groups in total. The number of hydrogen-bond acceptors (Lipinski definition) is 3. The largest absolute Gasteiger partial charge is 2.00 e. The Labute approximate surface area is 329 Å². The van der Waals surface area contributed by atoms with E-state index in [0.717, 1.165) is 56.9 Å². The van der Waals surface area contributed by atoms with E-state index in [4.69, 9.17) is 14.8 Å². The Bertz CT molecular complexity index is 2340. The number of rotatable bonds is 11. The summed E-state index contributed by atoms with van der Waals surface area (Å²) >= 11 is 0. The van der Waals surface area contributed by atoms with Crippen LogP contribution in [0.3, 0.4) is 0 Å². The average molecular weight is 882 g/mol. The van der Waals surface area contributed by atoms with Crippen molar-refractivity contribution in [3.05, 3.63) is 132 Å². The van der Waals surface area contributed by atoms with E-state index in [2.05, 4.69) is 133 Å². The van der Waals surface area contributed by atoms with Crippen LogP contribution in [0.25, 0.3) is 44.4 Å². The summed E-state index contributed by atoms with van der Waals surface area (Å²) in [4.78, 5) is 4.89. The predicted molar refractivity (Wildman–Crippen MR) is 215 cm³/mol. The molecule has 0 radical (unpaired) electrons. The van der Waals surface area contributed by atoms with Crippen LogP contribution in [0.5, 0.6) is 11.5 Å². The zero-order valence-corrected chi connectivity index (χ0v) is 34.5. The summed E-state index contributed by atoms with van der Waals surface area (Å²) in [6.45, 7) is 18.0. The molecule has 1 atom stereocenters. The number of aryl methyl sites for hydroxylation is 1. The SMILES string of the molecule is Cc1nn(-c2[c-]c(Oc3[c-]c4c(cc3)c3cc(C(C)CCCC(C)(C)C)ccc3n4-c3cc(CC(C)C)ccn3)ccc2)c(C)c1-c1ccccc1.[Pt+2]. The van der Waals surface area contributed by atoms with Gasteiger partial charge in [-0.05, 0) is 96.3 Å². The third kappa shape index (κ3) is 8.36. The Kier molecular flexibility index (Phi) is 11.5. The van der Waals surface area contributed by atoms with E-state index in [-0.39, 0.29) is 21.1 Å². The van der Waals surface area contributed by atoms with Gasteiger partial charge in [-0.1, -0.05) is 95.9 Å². The maximum atomic E-state index is 6.52. The first-order chi connectivity index (χ1) is 24.9. The second-order valence-electron chi connectivity index (χ2n) is 16.0. The molecule has 7 rings (SSSR count). The maximum absolute atomic E-state index is 6.52. The van der Waals surface area contributed by atoms with Crippen molar-refractivity contribution in [2.75, 3.05) is 0 Å². The van der Waals surface area contributed by atoms with Gasteiger partial charge in [-0.15, -0.1) is 35.7 Å². The number of hydrogen-bond donors (Lipinski definition) is 0. The zero-order chi connectivity index (χ0) is 36.6. The van der Waals surface area contributed by atoms with Crippen LogP contribution >= 0.6 is 0 Å². The molecule has 6 heteroatoms. The van der Waals surface area contributed by atoms with E-state index < -0.39 is 0 Å².